The van der Waals surface area contributed by atoms with Gasteiger partial charge < -0.3 is 10.3 Å². The van der Waals surface area contributed by atoms with Crippen molar-refractivity contribution in [2.24, 2.45) is 16.7 Å². The number of nitrogens with one attached hydrogen (secondary N) is 1. The van der Waals surface area contributed by atoms with E-state index < -0.39 is 15.4 Å². The molecule has 0 aliphatic heterocycles. The molecule has 0 amide bonds. The molecule has 1 fully saturated rings. The summed E-state index contributed by atoms with van der Waals surface area (Å²) in [6, 6.07) is 7.96. The van der Waals surface area contributed by atoms with Crippen molar-refractivity contribution in [3.8, 4) is 0 Å². The van der Waals surface area contributed by atoms with E-state index in [1.54, 1.807) is 0 Å². The first-order valence-corrected chi connectivity index (χ1v) is 15.6. The number of nitrogens with two attached hydrogens (primary N) is 1. The fourth-order valence-electron chi connectivity index (χ4n) is 6.16. The third kappa shape index (κ3) is 5.19. The Morgan fingerprint density at radius 3 is 2.53 bits per heavy atom. The molecule has 0 saturated heterocycles. The molecule has 1 saturated carbocycles. The second kappa shape index (κ2) is 10.9. The summed E-state index contributed by atoms with van der Waals surface area (Å²) < 4.78 is 31.1. The van der Waals surface area contributed by atoms with Crippen LogP contribution >= 0.6 is 0 Å². The lowest BCUT2D eigenvalue weighted by atomic mass is 9.66. The molecule has 2 heterocycles. The minimum atomic E-state index is -3.60. The summed E-state index contributed by atoms with van der Waals surface area (Å²) >= 11 is 0. The third-order valence-corrected chi connectivity index (χ3v) is 10.6. The molecule has 0 spiro atoms. The molecule has 0 unspecified atom stereocenters. The van der Waals surface area contributed by atoms with Crippen molar-refractivity contribution in [1.82, 2.24) is 19.3 Å². The lowest BCUT2D eigenvalue weighted by Gasteiger charge is -2.39. The van der Waals surface area contributed by atoms with Crippen molar-refractivity contribution in [2.75, 3.05) is 18.0 Å². The Balaban J connectivity index is 1.45. The number of carbonyl (C=O) groups excluding carboxylic acids is 1. The number of para-hydroxylation sites is 1. The number of hydrogen-bond acceptors (Lipinski definition) is 6. The number of nitrogens with zero attached hydrogens (tertiary/aromatic N) is 3. The quantitative estimate of drug-likeness (QED) is 0.303. The van der Waals surface area contributed by atoms with Crippen molar-refractivity contribution in [2.45, 2.75) is 86.1 Å². The predicted octanol–water partition coefficient (Wildman–Crippen LogP) is 5.24. The van der Waals surface area contributed by atoms with Crippen LogP contribution in [0.3, 0.4) is 0 Å². The second-order valence-corrected chi connectivity index (χ2v) is 13.4. The van der Waals surface area contributed by atoms with Crippen LogP contribution in [-0.4, -0.2) is 41.0 Å². The zero-order valence-corrected chi connectivity index (χ0v) is 24.3. The Labute approximate surface area is 226 Å². The molecule has 1 aliphatic rings. The van der Waals surface area contributed by atoms with Crippen LogP contribution in [0.25, 0.3) is 21.9 Å². The maximum absolute atomic E-state index is 13.0. The number of pyridine rings is 1. The summed E-state index contributed by atoms with van der Waals surface area (Å²) in [6.45, 7) is 11.2. The van der Waals surface area contributed by atoms with Gasteiger partial charge in [-0.2, -0.15) is 0 Å². The summed E-state index contributed by atoms with van der Waals surface area (Å²) in [5, 5.41) is 1.02. The second-order valence-electron chi connectivity index (χ2n) is 11.6. The van der Waals surface area contributed by atoms with E-state index in [4.69, 9.17) is 10.7 Å². The van der Waals surface area contributed by atoms with Gasteiger partial charge in [0.25, 0.3) is 0 Å². The molecule has 0 radical (unpaired) electrons. The number of ketones is 1. The first-order valence-electron chi connectivity index (χ1n) is 14.0. The Kier molecular flexibility index (Phi) is 8.19. The number of aryl methyl sites for hydroxylation is 2. The van der Waals surface area contributed by atoms with Gasteiger partial charge in [-0.1, -0.05) is 65.7 Å². The smallest absolute Gasteiger partial charge is 0.212 e. The van der Waals surface area contributed by atoms with Gasteiger partial charge in [0.2, 0.25) is 10.0 Å². The molecular weight excluding hydrogens is 498 g/mol. The van der Waals surface area contributed by atoms with Crippen molar-refractivity contribution in [1.29, 1.82) is 0 Å². The van der Waals surface area contributed by atoms with Gasteiger partial charge in [-0.3, -0.25) is 4.79 Å². The monoisotopic (exact) mass is 541 g/mol. The molecule has 8 nitrogen and oxygen atoms in total. The van der Waals surface area contributed by atoms with Gasteiger partial charge in [0.1, 0.15) is 17.1 Å². The van der Waals surface area contributed by atoms with Crippen LogP contribution in [0.5, 0.6) is 0 Å². The van der Waals surface area contributed by atoms with Crippen LogP contribution in [0, 0.1) is 16.7 Å². The van der Waals surface area contributed by atoms with Crippen molar-refractivity contribution >= 4 is 43.6 Å². The number of carbonyl (C=O) groups is 1. The summed E-state index contributed by atoms with van der Waals surface area (Å²) in [6.07, 6.45) is 5.75. The number of benzene rings is 1. The molecule has 9 heteroatoms. The van der Waals surface area contributed by atoms with Crippen LogP contribution in [0.15, 0.2) is 24.3 Å². The van der Waals surface area contributed by atoms with E-state index in [-0.39, 0.29) is 22.9 Å². The summed E-state index contributed by atoms with van der Waals surface area (Å²) in [4.78, 5) is 22.3. The first-order chi connectivity index (χ1) is 17.9. The largest absolute Gasteiger partial charge is 0.382 e. The van der Waals surface area contributed by atoms with Gasteiger partial charge in [-0.05, 0) is 36.7 Å². The van der Waals surface area contributed by atoms with Gasteiger partial charge >= 0.3 is 0 Å². The van der Waals surface area contributed by atoms with Crippen LogP contribution in [0.2, 0.25) is 0 Å². The zero-order chi connectivity index (χ0) is 27.7. The maximum Gasteiger partial charge on any atom is 0.212 e. The van der Waals surface area contributed by atoms with Crippen molar-refractivity contribution in [3.63, 3.8) is 0 Å². The lowest BCUT2D eigenvalue weighted by molar-refractivity contribution is -0.126. The highest BCUT2D eigenvalue weighted by atomic mass is 32.2. The fourth-order valence-corrected chi connectivity index (χ4v) is 8.01. The number of Topliss-reactive ketones (excluding diaryl/α,β-unsaturated/α-hetero) is 1. The van der Waals surface area contributed by atoms with E-state index in [0.717, 1.165) is 59.9 Å². The Morgan fingerprint density at radius 2 is 1.84 bits per heavy atom. The Hall–Kier alpha value is -2.52. The first kappa shape index (κ1) is 28.5. The van der Waals surface area contributed by atoms with E-state index in [1.165, 1.54) is 0 Å². The predicted molar refractivity (Wildman–Crippen MR) is 154 cm³/mol. The minimum Gasteiger partial charge on any atom is -0.382 e. The normalized spacial score (nSPS) is 21.6. The standard InChI is InChI=1S/C29H43N5O3S/c1-6-8-15-24-33-25-26(21-13-9-10-14-22(21)32-27(25)30)34(24)17-12-11-16-31-38(36,37)19-29(5)23(35)18-20(7-2)28(29,3)4/h9-10,13-14,20,31H,6-8,11-12,15-19H2,1-5H3,(H2,30,32)/t20-,29-/m1/s1. The summed E-state index contributed by atoms with van der Waals surface area (Å²) in [5.74, 6) is 1.54. The number of nitrogen functional groups attached to an aromatic ring is 1. The number of anilines is 1. The molecule has 1 aliphatic carbocycles. The van der Waals surface area contributed by atoms with E-state index in [0.29, 0.717) is 31.7 Å². The summed E-state index contributed by atoms with van der Waals surface area (Å²) in [7, 11) is -3.60. The Bertz CT molecular complexity index is 1430. The van der Waals surface area contributed by atoms with Crippen molar-refractivity contribution < 1.29 is 13.2 Å². The average Bonchev–Trinajstić information content (AvgIpc) is 3.31. The van der Waals surface area contributed by atoms with Crippen LogP contribution in [0.4, 0.5) is 5.82 Å². The molecular formula is C29H43N5O3S. The van der Waals surface area contributed by atoms with Gasteiger partial charge in [-0.15, -0.1) is 0 Å². The number of rotatable bonds is 12. The van der Waals surface area contributed by atoms with Gasteiger partial charge in [0.05, 0.1) is 16.8 Å². The molecule has 2 aromatic heterocycles. The number of unbranched alkanes of at least 4 members (excludes halogenated alkanes) is 2. The SMILES string of the molecule is CCCCc1nc2c(N)nc3ccccc3c2n1CCCCNS(=O)(=O)C[C@]1(C)C(=O)C[C@@H](CC)C1(C)C. The van der Waals surface area contributed by atoms with Crippen LogP contribution in [0.1, 0.15) is 79.0 Å². The van der Waals surface area contributed by atoms with Gasteiger partial charge in [0, 0.05) is 36.7 Å². The topological polar surface area (TPSA) is 120 Å². The molecule has 4 rings (SSSR count). The molecule has 208 valence electrons. The number of aromatic nitrogens is 3. The number of imidazole rings is 1. The zero-order valence-electron chi connectivity index (χ0n) is 23.5. The number of hydrogen-bond donors (Lipinski definition) is 2. The van der Waals surface area contributed by atoms with E-state index in [1.807, 2.05) is 39.0 Å². The molecule has 0 bridgehead atoms. The van der Waals surface area contributed by atoms with Crippen molar-refractivity contribution in [3.05, 3.63) is 30.1 Å². The van der Waals surface area contributed by atoms with Crippen LogP contribution < -0.4 is 10.5 Å². The van der Waals surface area contributed by atoms with Crippen LogP contribution in [-0.2, 0) is 27.8 Å². The number of sulfonamides is 1. The lowest BCUT2D eigenvalue weighted by Crippen LogP contribution is -2.46. The molecule has 3 N–H and O–H groups in total. The van der Waals surface area contributed by atoms with E-state index in [2.05, 4.69) is 34.2 Å². The molecule has 1 aromatic carbocycles. The van der Waals surface area contributed by atoms with E-state index in [9.17, 15) is 13.2 Å². The average molecular weight is 542 g/mol. The minimum absolute atomic E-state index is 0.0623. The number of fused-ring (bicyclic) bond motifs is 3. The highest BCUT2D eigenvalue weighted by Gasteiger charge is 2.58. The van der Waals surface area contributed by atoms with Gasteiger partial charge in [-0.25, -0.2) is 23.1 Å². The van der Waals surface area contributed by atoms with Gasteiger partial charge in [0.15, 0.2) is 5.82 Å². The molecule has 2 atom stereocenters. The fraction of sp³-hybridized carbons (Fsp3) is 0.621. The molecule has 3 aromatic rings. The highest BCUT2D eigenvalue weighted by molar-refractivity contribution is 7.89. The third-order valence-electron chi connectivity index (χ3n) is 9.04. The Morgan fingerprint density at radius 1 is 1.11 bits per heavy atom. The van der Waals surface area contributed by atoms with E-state index >= 15 is 0 Å². The summed E-state index contributed by atoms with van der Waals surface area (Å²) in [5.41, 5.74) is 7.64. The maximum atomic E-state index is 13.0. The highest BCUT2D eigenvalue weighted by Crippen LogP contribution is 2.55. The molecule has 38 heavy (non-hydrogen) atoms.